The van der Waals surface area contributed by atoms with Gasteiger partial charge in [0, 0.05) is 18.0 Å². The number of nitrogens with one attached hydrogen (secondary N) is 3. The molecule has 0 unspecified atom stereocenters. The van der Waals surface area contributed by atoms with Crippen molar-refractivity contribution in [3.05, 3.63) is 53.8 Å². The maximum absolute atomic E-state index is 14.4. The van der Waals surface area contributed by atoms with Crippen molar-refractivity contribution in [3.63, 3.8) is 0 Å². The van der Waals surface area contributed by atoms with Crippen LogP contribution >= 0.6 is 0 Å². The Kier molecular flexibility index (Phi) is 4.40. The lowest BCUT2D eigenvalue weighted by molar-refractivity contribution is -0.120. The van der Waals surface area contributed by atoms with Gasteiger partial charge in [-0.3, -0.25) is 4.79 Å². The van der Waals surface area contributed by atoms with E-state index in [0.29, 0.717) is 11.3 Å². The van der Waals surface area contributed by atoms with Crippen LogP contribution < -0.4 is 10.6 Å². The van der Waals surface area contributed by atoms with Gasteiger partial charge in [0.25, 0.3) is 5.89 Å². The molecule has 11 heteroatoms. The molecule has 158 valence electrons. The first kappa shape index (κ1) is 19.1. The van der Waals surface area contributed by atoms with E-state index in [1.165, 1.54) is 24.3 Å². The molecular weight excluding hydrogens is 415 g/mol. The second-order valence-corrected chi connectivity index (χ2v) is 7.04. The van der Waals surface area contributed by atoms with E-state index in [0.717, 1.165) is 12.1 Å². The molecule has 2 aromatic heterocycles. The van der Waals surface area contributed by atoms with Crippen LogP contribution in [0, 0.1) is 17.5 Å². The molecule has 1 amide bonds. The summed E-state index contributed by atoms with van der Waals surface area (Å²) in [4.78, 5) is 14.7. The van der Waals surface area contributed by atoms with Gasteiger partial charge < -0.3 is 25.1 Å². The first-order valence-corrected chi connectivity index (χ1v) is 9.23. The topological polar surface area (TPSA) is 116 Å². The number of aromatic amines is 1. The average molecular weight is 429 g/mol. The van der Waals surface area contributed by atoms with Gasteiger partial charge in [-0.15, -0.1) is 5.10 Å². The molecular formula is C20H14F3N5O3. The predicted octanol–water partition coefficient (Wildman–Crippen LogP) is 2.57. The number of anilines is 1. The van der Waals surface area contributed by atoms with E-state index in [4.69, 9.17) is 4.42 Å². The maximum atomic E-state index is 14.4. The molecule has 0 radical (unpaired) electrons. The molecule has 1 aliphatic rings. The summed E-state index contributed by atoms with van der Waals surface area (Å²) < 4.78 is 47.4. The number of aliphatic hydroxyl groups excluding tert-OH is 1. The van der Waals surface area contributed by atoms with Gasteiger partial charge in [-0.25, -0.2) is 13.2 Å². The van der Waals surface area contributed by atoms with Gasteiger partial charge >= 0.3 is 6.01 Å². The van der Waals surface area contributed by atoms with Crippen molar-refractivity contribution < 1.29 is 27.5 Å². The van der Waals surface area contributed by atoms with Crippen LogP contribution in [0.25, 0.3) is 33.6 Å². The summed E-state index contributed by atoms with van der Waals surface area (Å²) in [6.45, 7) is 0.0766. The first-order chi connectivity index (χ1) is 14.9. The van der Waals surface area contributed by atoms with Gasteiger partial charge in [-0.1, -0.05) is 5.10 Å². The standard InChI is InChI=1S/C20H14F3N5O3/c21-9-3-1-8(2-4-9)15-14(11-5-10(22)6-12(23)16(11)25-15)19-27-28-20(31-19)26-17-13(29)7-24-18(17)30/h1-6,13,17,25,29H,7H2,(H,24,30)(H,26,28)/t13-,17+/m0/s1. The summed E-state index contributed by atoms with van der Waals surface area (Å²) in [6, 6.07) is 6.08. The Morgan fingerprint density at radius 3 is 2.58 bits per heavy atom. The van der Waals surface area contributed by atoms with Crippen LogP contribution in [0.2, 0.25) is 0 Å². The maximum Gasteiger partial charge on any atom is 0.316 e. The molecule has 1 aliphatic heterocycles. The summed E-state index contributed by atoms with van der Waals surface area (Å²) >= 11 is 0. The fourth-order valence-corrected chi connectivity index (χ4v) is 3.56. The molecule has 0 saturated carbocycles. The van der Waals surface area contributed by atoms with Crippen molar-refractivity contribution in [3.8, 4) is 22.7 Å². The second kappa shape index (κ2) is 7.13. The molecule has 2 atom stereocenters. The van der Waals surface area contributed by atoms with Crippen molar-refractivity contribution in [2.45, 2.75) is 12.1 Å². The number of benzene rings is 2. The summed E-state index contributed by atoms with van der Waals surface area (Å²) in [7, 11) is 0. The number of rotatable bonds is 4. The Balaban J connectivity index is 1.63. The second-order valence-electron chi connectivity index (χ2n) is 7.04. The van der Waals surface area contributed by atoms with Crippen LogP contribution in [-0.4, -0.2) is 44.9 Å². The number of halogens is 3. The monoisotopic (exact) mass is 429 g/mol. The van der Waals surface area contributed by atoms with Gasteiger partial charge in [0.05, 0.1) is 16.8 Å². The van der Waals surface area contributed by atoms with Crippen LogP contribution in [0.1, 0.15) is 0 Å². The Morgan fingerprint density at radius 1 is 1.10 bits per heavy atom. The number of aliphatic hydroxyl groups is 1. The van der Waals surface area contributed by atoms with Crippen molar-refractivity contribution >= 4 is 22.8 Å². The SMILES string of the molecule is O=C1NC[C@H](O)[C@H]1Nc1nnc(-c2c(-c3ccc(F)cc3)[nH]c3c(F)cc(F)cc23)o1. The van der Waals surface area contributed by atoms with Gasteiger partial charge in [-0.2, -0.15) is 0 Å². The molecule has 1 saturated heterocycles. The molecule has 1 fully saturated rings. The molecule has 3 heterocycles. The van der Waals surface area contributed by atoms with E-state index in [-0.39, 0.29) is 34.9 Å². The van der Waals surface area contributed by atoms with Crippen molar-refractivity contribution in [1.82, 2.24) is 20.5 Å². The van der Waals surface area contributed by atoms with Crippen LogP contribution in [0.15, 0.2) is 40.8 Å². The van der Waals surface area contributed by atoms with E-state index in [1.54, 1.807) is 0 Å². The smallest absolute Gasteiger partial charge is 0.316 e. The zero-order valence-corrected chi connectivity index (χ0v) is 15.6. The summed E-state index contributed by atoms with van der Waals surface area (Å²) in [5, 5.41) is 22.9. The van der Waals surface area contributed by atoms with Gasteiger partial charge in [0.2, 0.25) is 5.91 Å². The highest BCUT2D eigenvalue weighted by Crippen LogP contribution is 2.39. The normalized spacial score (nSPS) is 18.5. The number of aromatic nitrogens is 3. The summed E-state index contributed by atoms with van der Waals surface area (Å²) in [5.41, 5.74) is 1.00. The number of carbonyl (C=O) groups is 1. The largest absolute Gasteiger partial charge is 0.403 e. The highest BCUT2D eigenvalue weighted by Gasteiger charge is 2.34. The first-order valence-electron chi connectivity index (χ1n) is 9.23. The molecule has 5 rings (SSSR count). The van der Waals surface area contributed by atoms with Crippen molar-refractivity contribution in [1.29, 1.82) is 0 Å². The number of hydrogen-bond donors (Lipinski definition) is 4. The van der Waals surface area contributed by atoms with Gasteiger partial charge in [0.15, 0.2) is 0 Å². The third-order valence-electron chi connectivity index (χ3n) is 5.03. The van der Waals surface area contributed by atoms with Crippen LogP contribution in [-0.2, 0) is 4.79 Å². The molecule has 2 aromatic carbocycles. The van der Waals surface area contributed by atoms with E-state index in [2.05, 4.69) is 25.8 Å². The minimum Gasteiger partial charge on any atom is -0.403 e. The lowest BCUT2D eigenvalue weighted by Crippen LogP contribution is -2.36. The van der Waals surface area contributed by atoms with Crippen molar-refractivity contribution in [2.24, 2.45) is 0 Å². The van der Waals surface area contributed by atoms with E-state index in [9.17, 15) is 23.1 Å². The average Bonchev–Trinajstić information content (AvgIpc) is 3.42. The molecule has 31 heavy (non-hydrogen) atoms. The van der Waals surface area contributed by atoms with Crippen LogP contribution in [0.4, 0.5) is 19.2 Å². The fourth-order valence-electron chi connectivity index (χ4n) is 3.56. The molecule has 0 spiro atoms. The Hall–Kier alpha value is -3.86. The van der Waals surface area contributed by atoms with Gasteiger partial charge in [0.1, 0.15) is 29.6 Å². The molecule has 0 aliphatic carbocycles. The van der Waals surface area contributed by atoms with Crippen LogP contribution in [0.5, 0.6) is 0 Å². The van der Waals surface area contributed by atoms with Crippen molar-refractivity contribution in [2.75, 3.05) is 11.9 Å². The number of carbonyl (C=O) groups excluding carboxylic acids is 1. The summed E-state index contributed by atoms with van der Waals surface area (Å²) in [6.07, 6.45) is -0.992. The number of fused-ring (bicyclic) bond motifs is 1. The number of β-amino-alcohol motifs (C(OH)–C–C–N with tert-alkyl or cyclic N) is 1. The minimum atomic E-state index is -0.992. The Morgan fingerprint density at radius 2 is 1.87 bits per heavy atom. The lowest BCUT2D eigenvalue weighted by Gasteiger charge is -2.10. The molecule has 0 bridgehead atoms. The summed E-state index contributed by atoms with van der Waals surface area (Å²) in [5.74, 6) is -2.62. The lowest BCUT2D eigenvalue weighted by atomic mass is 10.0. The molecule has 8 nitrogen and oxygen atoms in total. The quantitative estimate of drug-likeness (QED) is 0.396. The molecule has 4 aromatic rings. The third kappa shape index (κ3) is 3.28. The zero-order chi connectivity index (χ0) is 21.7. The fraction of sp³-hybridized carbons (Fsp3) is 0.150. The molecule has 4 N–H and O–H groups in total. The van der Waals surface area contributed by atoms with E-state index >= 15 is 0 Å². The zero-order valence-electron chi connectivity index (χ0n) is 15.6. The number of amides is 1. The Labute approximate surface area is 172 Å². The third-order valence-corrected chi connectivity index (χ3v) is 5.03. The Bertz CT molecular complexity index is 1300. The minimum absolute atomic E-state index is 0.00836. The number of hydrogen-bond acceptors (Lipinski definition) is 6. The predicted molar refractivity (Wildman–Crippen MR) is 103 cm³/mol. The number of H-pyrrole nitrogens is 1. The highest BCUT2D eigenvalue weighted by atomic mass is 19.1. The number of nitrogens with zero attached hydrogens (tertiary/aromatic N) is 2. The highest BCUT2D eigenvalue weighted by molar-refractivity contribution is 6.02. The van der Waals surface area contributed by atoms with E-state index < -0.39 is 35.5 Å². The van der Waals surface area contributed by atoms with Gasteiger partial charge in [-0.05, 0) is 35.9 Å². The van der Waals surface area contributed by atoms with Crippen LogP contribution in [0.3, 0.4) is 0 Å². The van der Waals surface area contributed by atoms with E-state index in [1.807, 2.05) is 0 Å².